The maximum Gasteiger partial charge on any atom is 0.223 e. The molecule has 3 aromatic rings. The van der Waals surface area contributed by atoms with Crippen LogP contribution in [0.15, 0.2) is 53.1 Å². The highest BCUT2D eigenvalue weighted by Crippen LogP contribution is 2.29. The number of aryl methyl sites for hydroxylation is 1. The number of ether oxygens (including phenoxy) is 1. The minimum atomic E-state index is -0.342. The lowest BCUT2D eigenvalue weighted by Crippen LogP contribution is -2.02. The van der Waals surface area contributed by atoms with E-state index in [9.17, 15) is 4.39 Å². The van der Waals surface area contributed by atoms with Crippen LogP contribution in [0, 0.1) is 12.7 Å². The van der Waals surface area contributed by atoms with Crippen molar-refractivity contribution in [2.45, 2.75) is 13.5 Å². The lowest BCUT2D eigenvalue weighted by atomic mass is 10.3. The predicted octanol–water partition coefficient (Wildman–Crippen LogP) is 3.92. The van der Waals surface area contributed by atoms with Crippen LogP contribution in [0.3, 0.4) is 0 Å². The van der Waals surface area contributed by atoms with Crippen molar-refractivity contribution in [3.8, 4) is 11.5 Å². The first-order valence-electron chi connectivity index (χ1n) is 6.76. The van der Waals surface area contributed by atoms with Crippen molar-refractivity contribution in [1.82, 2.24) is 10.1 Å². The van der Waals surface area contributed by atoms with Crippen molar-refractivity contribution < 1.29 is 13.7 Å². The Morgan fingerprint density at radius 1 is 1.18 bits per heavy atom. The van der Waals surface area contributed by atoms with Gasteiger partial charge in [-0.05, 0) is 24.3 Å². The van der Waals surface area contributed by atoms with Crippen LogP contribution in [0.2, 0.25) is 0 Å². The number of para-hydroxylation sites is 2. The monoisotopic (exact) mass is 299 g/mol. The highest BCUT2D eigenvalue weighted by molar-refractivity contribution is 5.57. The van der Waals surface area contributed by atoms with Gasteiger partial charge in [-0.1, -0.05) is 23.4 Å². The number of halogens is 1. The molecule has 5 nitrogen and oxygen atoms in total. The first-order chi connectivity index (χ1) is 10.7. The van der Waals surface area contributed by atoms with E-state index in [-0.39, 0.29) is 5.82 Å². The van der Waals surface area contributed by atoms with Gasteiger partial charge in [0.1, 0.15) is 11.6 Å². The molecule has 0 saturated heterocycles. The summed E-state index contributed by atoms with van der Waals surface area (Å²) in [7, 11) is 0. The van der Waals surface area contributed by atoms with Gasteiger partial charge >= 0.3 is 0 Å². The van der Waals surface area contributed by atoms with E-state index in [1.807, 2.05) is 18.2 Å². The van der Waals surface area contributed by atoms with E-state index in [2.05, 4.69) is 15.5 Å². The largest absolute Gasteiger partial charge is 0.455 e. The topological polar surface area (TPSA) is 60.2 Å². The average Bonchev–Trinajstić information content (AvgIpc) is 2.92. The molecule has 0 bridgehead atoms. The number of hydrogen-bond acceptors (Lipinski definition) is 5. The maximum absolute atomic E-state index is 13.2. The molecule has 0 radical (unpaired) electrons. The minimum absolute atomic E-state index is 0.342. The van der Waals surface area contributed by atoms with Gasteiger partial charge in [-0.2, -0.15) is 4.98 Å². The van der Waals surface area contributed by atoms with Crippen LogP contribution in [-0.2, 0) is 6.54 Å². The normalized spacial score (nSPS) is 10.5. The summed E-state index contributed by atoms with van der Waals surface area (Å²) in [6.45, 7) is 2.14. The summed E-state index contributed by atoms with van der Waals surface area (Å²) in [4.78, 5) is 4.12. The van der Waals surface area contributed by atoms with E-state index in [4.69, 9.17) is 9.26 Å². The van der Waals surface area contributed by atoms with Gasteiger partial charge < -0.3 is 14.6 Å². The molecule has 2 aromatic carbocycles. The predicted molar refractivity (Wildman–Crippen MR) is 79.3 cm³/mol. The third-order valence-corrected chi connectivity index (χ3v) is 2.92. The molecule has 0 fully saturated rings. The summed E-state index contributed by atoms with van der Waals surface area (Å²) in [6, 6.07) is 13.4. The van der Waals surface area contributed by atoms with Gasteiger partial charge in [-0.15, -0.1) is 0 Å². The van der Waals surface area contributed by atoms with Crippen molar-refractivity contribution in [1.29, 1.82) is 0 Å². The second-order valence-corrected chi connectivity index (χ2v) is 4.64. The van der Waals surface area contributed by atoms with Gasteiger partial charge in [0, 0.05) is 13.0 Å². The fourth-order valence-electron chi connectivity index (χ4n) is 1.95. The molecule has 0 spiro atoms. The van der Waals surface area contributed by atoms with E-state index in [0.29, 0.717) is 29.8 Å². The molecule has 0 atom stereocenters. The molecule has 1 heterocycles. The van der Waals surface area contributed by atoms with Crippen LogP contribution in [0.1, 0.15) is 11.7 Å². The molecule has 1 aromatic heterocycles. The molecule has 3 rings (SSSR count). The Bertz CT molecular complexity index is 773. The van der Waals surface area contributed by atoms with Crippen LogP contribution in [0.5, 0.6) is 11.5 Å². The Balaban J connectivity index is 1.74. The second kappa shape index (κ2) is 6.26. The first kappa shape index (κ1) is 14.1. The van der Waals surface area contributed by atoms with Crippen LogP contribution < -0.4 is 10.1 Å². The number of rotatable bonds is 5. The van der Waals surface area contributed by atoms with Crippen molar-refractivity contribution in [2.24, 2.45) is 0 Å². The van der Waals surface area contributed by atoms with E-state index in [0.717, 1.165) is 5.69 Å². The van der Waals surface area contributed by atoms with Gasteiger partial charge in [0.25, 0.3) is 0 Å². The van der Waals surface area contributed by atoms with Gasteiger partial charge in [0.15, 0.2) is 11.6 Å². The number of aromatic nitrogens is 2. The fraction of sp³-hybridized carbons (Fsp3) is 0.125. The molecule has 22 heavy (non-hydrogen) atoms. The Morgan fingerprint density at radius 2 is 2.05 bits per heavy atom. The molecular formula is C16H14FN3O2. The molecular weight excluding hydrogens is 285 g/mol. The summed E-state index contributed by atoms with van der Waals surface area (Å²) in [6.07, 6.45) is 0. The van der Waals surface area contributed by atoms with Gasteiger partial charge in [0.2, 0.25) is 5.89 Å². The number of benzene rings is 2. The van der Waals surface area contributed by atoms with E-state index >= 15 is 0 Å². The average molecular weight is 299 g/mol. The molecule has 1 N–H and O–H groups in total. The maximum atomic E-state index is 13.2. The number of anilines is 1. The van der Waals surface area contributed by atoms with Crippen molar-refractivity contribution in [3.63, 3.8) is 0 Å². The van der Waals surface area contributed by atoms with Gasteiger partial charge in [0.05, 0.1) is 12.2 Å². The molecule has 0 aliphatic carbocycles. The van der Waals surface area contributed by atoms with Crippen molar-refractivity contribution >= 4 is 5.69 Å². The number of hydrogen-bond donors (Lipinski definition) is 1. The number of nitrogens with one attached hydrogen (secondary N) is 1. The Morgan fingerprint density at radius 3 is 2.82 bits per heavy atom. The van der Waals surface area contributed by atoms with Crippen LogP contribution in [-0.4, -0.2) is 10.1 Å². The lowest BCUT2D eigenvalue weighted by molar-refractivity contribution is 0.388. The highest BCUT2D eigenvalue weighted by atomic mass is 19.1. The second-order valence-electron chi connectivity index (χ2n) is 4.64. The highest BCUT2D eigenvalue weighted by Gasteiger charge is 2.07. The first-order valence-corrected chi connectivity index (χ1v) is 6.76. The summed E-state index contributed by atoms with van der Waals surface area (Å²) >= 11 is 0. The van der Waals surface area contributed by atoms with Crippen LogP contribution in [0.25, 0.3) is 0 Å². The molecule has 6 heteroatoms. The third kappa shape index (κ3) is 3.41. The summed E-state index contributed by atoms with van der Waals surface area (Å²) in [5, 5.41) is 6.99. The van der Waals surface area contributed by atoms with E-state index in [1.54, 1.807) is 25.1 Å². The smallest absolute Gasteiger partial charge is 0.223 e. The van der Waals surface area contributed by atoms with Crippen LogP contribution >= 0.6 is 0 Å². The fourth-order valence-corrected chi connectivity index (χ4v) is 1.95. The van der Waals surface area contributed by atoms with Gasteiger partial charge in [-0.25, -0.2) is 4.39 Å². The molecule has 0 amide bonds. The standard InChI is InChI=1S/C16H14FN3O2/c1-11-19-16(20-22-11)10-18-14-7-2-3-8-15(14)21-13-6-4-5-12(17)9-13/h2-9,18H,10H2,1H3. The minimum Gasteiger partial charge on any atom is -0.455 e. The zero-order chi connectivity index (χ0) is 15.4. The SMILES string of the molecule is Cc1nc(CNc2ccccc2Oc2cccc(F)c2)no1. The molecule has 0 aliphatic heterocycles. The van der Waals surface area contributed by atoms with E-state index in [1.165, 1.54) is 12.1 Å². The molecule has 0 unspecified atom stereocenters. The van der Waals surface area contributed by atoms with Crippen molar-refractivity contribution in [2.75, 3.05) is 5.32 Å². The van der Waals surface area contributed by atoms with Crippen LogP contribution in [0.4, 0.5) is 10.1 Å². The third-order valence-electron chi connectivity index (χ3n) is 2.92. The summed E-state index contributed by atoms with van der Waals surface area (Å²) < 4.78 is 23.9. The quantitative estimate of drug-likeness (QED) is 0.773. The zero-order valence-corrected chi connectivity index (χ0v) is 11.9. The summed E-state index contributed by atoms with van der Waals surface area (Å²) in [5.74, 6) is 1.75. The molecule has 0 saturated carbocycles. The Labute approximate surface area is 126 Å². The van der Waals surface area contributed by atoms with E-state index < -0.39 is 0 Å². The summed E-state index contributed by atoms with van der Waals surface area (Å²) in [5.41, 5.74) is 0.759. The Kier molecular flexibility index (Phi) is 4.00. The van der Waals surface area contributed by atoms with Gasteiger partial charge in [-0.3, -0.25) is 0 Å². The molecule has 0 aliphatic rings. The zero-order valence-electron chi connectivity index (χ0n) is 11.9. The number of nitrogens with zero attached hydrogens (tertiary/aromatic N) is 2. The van der Waals surface area contributed by atoms with Crippen molar-refractivity contribution in [3.05, 3.63) is 66.1 Å². The molecule has 112 valence electrons. The Hall–Kier alpha value is -2.89. The lowest BCUT2D eigenvalue weighted by Gasteiger charge is -2.12.